The second-order valence-electron chi connectivity index (χ2n) is 5.78. The molecule has 0 bridgehead atoms. The predicted octanol–water partition coefficient (Wildman–Crippen LogP) is 3.72. The van der Waals surface area contributed by atoms with E-state index in [9.17, 15) is 5.11 Å². The number of aliphatic imine (C=N–C) groups is 1. The van der Waals surface area contributed by atoms with Gasteiger partial charge in [-0.1, -0.05) is 0 Å². The van der Waals surface area contributed by atoms with E-state index in [1.807, 2.05) is 27.2 Å². The Bertz CT molecular complexity index is 749. The Morgan fingerprint density at radius 2 is 2.12 bits per heavy atom. The van der Waals surface area contributed by atoms with Crippen molar-refractivity contribution in [2.24, 2.45) is 12.0 Å². The highest BCUT2D eigenvalue weighted by Gasteiger charge is 2.10. The Balaban J connectivity index is 0.00000338. The van der Waals surface area contributed by atoms with Crippen molar-refractivity contribution in [2.45, 2.75) is 20.0 Å². The van der Waals surface area contributed by atoms with Gasteiger partial charge in [0.05, 0.1) is 20.2 Å². The normalized spacial score (nSPS) is 11.0. The maximum Gasteiger partial charge on any atom is 0.194 e. The third-order valence-corrected chi connectivity index (χ3v) is 4.29. The second-order valence-corrected chi connectivity index (χ2v) is 6.70. The summed E-state index contributed by atoms with van der Waals surface area (Å²) in [6.07, 6.45) is 2.03. The maximum atomic E-state index is 10.0. The van der Waals surface area contributed by atoms with Gasteiger partial charge in [-0.15, -0.1) is 24.0 Å². The van der Waals surface area contributed by atoms with Gasteiger partial charge >= 0.3 is 0 Å². The molecule has 6 nitrogen and oxygen atoms in total. The number of aromatic hydroxyl groups is 1. The summed E-state index contributed by atoms with van der Waals surface area (Å²) in [4.78, 5) is 6.71. The lowest BCUT2D eigenvalue weighted by Gasteiger charge is -2.22. The van der Waals surface area contributed by atoms with Crippen molar-refractivity contribution >= 4 is 45.9 Å². The van der Waals surface area contributed by atoms with Crippen molar-refractivity contribution < 1.29 is 9.84 Å². The minimum absolute atomic E-state index is 0. The number of hydrogen-bond acceptors (Lipinski definition) is 3. The van der Waals surface area contributed by atoms with Crippen molar-refractivity contribution in [1.82, 2.24) is 14.8 Å². The fourth-order valence-corrected chi connectivity index (χ4v) is 3.06. The number of nitrogens with zero attached hydrogens (tertiary/aromatic N) is 3. The number of ether oxygens (including phenoxy) is 1. The minimum atomic E-state index is 0. The van der Waals surface area contributed by atoms with Crippen LogP contribution in [0, 0.1) is 0 Å². The average molecular weight is 537 g/mol. The summed E-state index contributed by atoms with van der Waals surface area (Å²) in [7, 11) is 5.62. The van der Waals surface area contributed by atoms with Crippen molar-refractivity contribution in [3.63, 3.8) is 0 Å². The quantitative estimate of drug-likeness (QED) is 0.335. The number of phenols is 1. The molecule has 0 amide bonds. The average Bonchev–Trinajstić information content (AvgIpc) is 2.90. The number of phenolic OH excluding ortho intramolecular Hbond substituents is 1. The lowest BCUT2D eigenvalue weighted by molar-refractivity contribution is 0.410. The van der Waals surface area contributed by atoms with Crippen molar-refractivity contribution in [3.05, 3.63) is 46.2 Å². The van der Waals surface area contributed by atoms with E-state index in [0.29, 0.717) is 12.3 Å². The molecule has 0 radical (unpaired) electrons. The first-order valence-corrected chi connectivity index (χ1v) is 8.90. The predicted molar refractivity (Wildman–Crippen MR) is 119 cm³/mol. The molecule has 0 atom stereocenters. The highest BCUT2D eigenvalue weighted by molar-refractivity contribution is 14.0. The summed E-state index contributed by atoms with van der Waals surface area (Å²) < 4.78 is 8.35. The zero-order valence-electron chi connectivity index (χ0n) is 15.5. The Morgan fingerprint density at radius 1 is 1.38 bits per heavy atom. The van der Waals surface area contributed by atoms with Crippen LogP contribution in [-0.4, -0.2) is 41.2 Å². The lowest BCUT2D eigenvalue weighted by atomic mass is 10.2. The standard InChI is InChI=1S/C18H25BrN4O2.HI/c1-5-20-18(23(3)12-15-9-14(19)11-22(15)2)21-10-13-8-16(25-4)6-7-17(13)24;/h6-9,11,24H,5,10,12H2,1-4H3,(H,20,21);1H. The van der Waals surface area contributed by atoms with E-state index in [-0.39, 0.29) is 29.7 Å². The van der Waals surface area contributed by atoms with Crippen LogP contribution >= 0.6 is 39.9 Å². The molecule has 1 aromatic carbocycles. The van der Waals surface area contributed by atoms with Gasteiger partial charge in [-0.05, 0) is 47.1 Å². The lowest BCUT2D eigenvalue weighted by Crippen LogP contribution is -2.38. The number of aryl methyl sites for hydroxylation is 1. The summed E-state index contributed by atoms with van der Waals surface area (Å²) >= 11 is 3.50. The highest BCUT2D eigenvalue weighted by atomic mass is 127. The SMILES string of the molecule is CCNC(=NCc1cc(OC)ccc1O)N(C)Cc1cc(Br)cn1C.I. The van der Waals surface area contributed by atoms with E-state index >= 15 is 0 Å². The summed E-state index contributed by atoms with van der Waals surface area (Å²) in [5, 5.41) is 13.3. The van der Waals surface area contributed by atoms with Crippen molar-refractivity contribution in [3.8, 4) is 11.5 Å². The maximum absolute atomic E-state index is 10.0. The van der Waals surface area contributed by atoms with Crippen LogP contribution in [0.1, 0.15) is 18.2 Å². The number of benzene rings is 1. The largest absolute Gasteiger partial charge is 0.508 e. The van der Waals surface area contributed by atoms with Gasteiger partial charge < -0.3 is 24.6 Å². The zero-order chi connectivity index (χ0) is 18.4. The fraction of sp³-hybridized carbons (Fsp3) is 0.389. The highest BCUT2D eigenvalue weighted by Crippen LogP contribution is 2.23. The molecule has 2 rings (SSSR count). The van der Waals surface area contributed by atoms with Crippen molar-refractivity contribution in [1.29, 1.82) is 0 Å². The molecular formula is C18H26BrIN4O2. The minimum Gasteiger partial charge on any atom is -0.508 e. The number of halogens is 2. The van der Waals surface area contributed by atoms with Gasteiger partial charge in [0, 0.05) is 42.6 Å². The Kier molecular flexibility index (Phi) is 9.28. The molecule has 144 valence electrons. The van der Waals surface area contributed by atoms with Crippen molar-refractivity contribution in [2.75, 3.05) is 20.7 Å². The number of nitrogens with one attached hydrogen (secondary N) is 1. The van der Waals surface area contributed by atoms with E-state index in [4.69, 9.17) is 4.74 Å². The van der Waals surface area contributed by atoms with E-state index in [0.717, 1.165) is 29.1 Å². The van der Waals surface area contributed by atoms with E-state index in [2.05, 4.69) is 41.8 Å². The number of methoxy groups -OCH3 is 1. The monoisotopic (exact) mass is 536 g/mol. The molecular weight excluding hydrogens is 511 g/mol. The first-order valence-electron chi connectivity index (χ1n) is 8.10. The molecule has 8 heteroatoms. The molecule has 0 aliphatic heterocycles. The topological polar surface area (TPSA) is 62.0 Å². The van der Waals surface area contributed by atoms with Gasteiger partial charge in [-0.3, -0.25) is 0 Å². The van der Waals surface area contributed by atoms with Gasteiger partial charge in [-0.25, -0.2) is 4.99 Å². The Hall–Kier alpha value is -1.42. The van der Waals surface area contributed by atoms with Crippen LogP contribution in [0.5, 0.6) is 11.5 Å². The molecule has 0 saturated heterocycles. The number of guanidine groups is 1. The number of hydrogen-bond donors (Lipinski definition) is 2. The second kappa shape index (κ2) is 10.7. The van der Waals surface area contributed by atoms with Crippen LogP contribution in [0.15, 0.2) is 39.9 Å². The summed E-state index contributed by atoms with van der Waals surface area (Å²) in [5.41, 5.74) is 1.90. The van der Waals surface area contributed by atoms with Crippen LogP contribution in [0.3, 0.4) is 0 Å². The van der Waals surface area contributed by atoms with Gasteiger partial charge in [0.25, 0.3) is 0 Å². The molecule has 0 fully saturated rings. The first-order chi connectivity index (χ1) is 11.9. The van der Waals surface area contributed by atoms with Gasteiger partial charge in [0.15, 0.2) is 5.96 Å². The molecule has 2 aromatic rings. The van der Waals surface area contributed by atoms with E-state index < -0.39 is 0 Å². The third-order valence-electron chi connectivity index (χ3n) is 3.86. The Labute approximate surface area is 180 Å². The molecule has 26 heavy (non-hydrogen) atoms. The molecule has 1 aromatic heterocycles. The Morgan fingerprint density at radius 3 is 2.69 bits per heavy atom. The van der Waals surface area contributed by atoms with Gasteiger partial charge in [-0.2, -0.15) is 0 Å². The third kappa shape index (κ3) is 6.08. The molecule has 0 unspecified atom stereocenters. The molecule has 0 aliphatic carbocycles. The number of rotatable bonds is 6. The summed E-state index contributed by atoms with van der Waals surface area (Å²) in [6.45, 7) is 3.89. The van der Waals surface area contributed by atoms with E-state index in [1.54, 1.807) is 25.3 Å². The van der Waals surface area contributed by atoms with Crippen LogP contribution in [0.2, 0.25) is 0 Å². The molecule has 0 aliphatic rings. The fourth-order valence-electron chi connectivity index (χ4n) is 2.49. The van der Waals surface area contributed by atoms with Gasteiger partial charge in [0.1, 0.15) is 11.5 Å². The molecule has 2 N–H and O–H groups in total. The summed E-state index contributed by atoms with van der Waals surface area (Å²) in [5.74, 6) is 1.70. The molecule has 1 heterocycles. The van der Waals surface area contributed by atoms with Gasteiger partial charge in [0.2, 0.25) is 0 Å². The zero-order valence-corrected chi connectivity index (χ0v) is 19.4. The van der Waals surface area contributed by atoms with Crippen LogP contribution < -0.4 is 10.1 Å². The summed E-state index contributed by atoms with van der Waals surface area (Å²) in [6, 6.07) is 7.25. The first kappa shape index (κ1) is 22.6. The van der Waals surface area contributed by atoms with Crippen LogP contribution in [-0.2, 0) is 20.1 Å². The number of aromatic nitrogens is 1. The molecule has 0 spiro atoms. The van der Waals surface area contributed by atoms with Crippen LogP contribution in [0.4, 0.5) is 0 Å². The van der Waals surface area contributed by atoms with Crippen LogP contribution in [0.25, 0.3) is 0 Å². The molecule has 0 saturated carbocycles. The van der Waals surface area contributed by atoms with E-state index in [1.165, 1.54) is 5.69 Å². The smallest absolute Gasteiger partial charge is 0.194 e.